The molecule has 36 heavy (non-hydrogen) atoms. The van der Waals surface area contributed by atoms with Gasteiger partial charge in [-0.3, -0.25) is 0 Å². The lowest BCUT2D eigenvalue weighted by Gasteiger charge is -2.26. The molecule has 2 unspecified atom stereocenters. The zero-order valence-electron chi connectivity index (χ0n) is 19.4. The molecule has 0 saturated carbocycles. The molecule has 0 amide bonds. The topological polar surface area (TPSA) is 64.0 Å². The number of nitrogens with one attached hydrogen (secondary N) is 1. The van der Waals surface area contributed by atoms with Crippen LogP contribution in [0.15, 0.2) is 79.0 Å². The molecule has 0 bridgehead atoms. The second-order valence-electron chi connectivity index (χ2n) is 8.75. The Morgan fingerprint density at radius 1 is 0.972 bits per heavy atom. The summed E-state index contributed by atoms with van der Waals surface area (Å²) in [5, 5.41) is 5.28. The Bertz CT molecular complexity index is 1420. The zero-order chi connectivity index (χ0) is 25.9. The predicted molar refractivity (Wildman–Crippen MR) is 131 cm³/mol. The Morgan fingerprint density at radius 3 is 2.33 bits per heavy atom. The molecule has 3 aromatic carbocycles. The summed E-state index contributed by atoms with van der Waals surface area (Å²) >= 11 is 0. The maximum absolute atomic E-state index is 13.3. The van der Waals surface area contributed by atoms with E-state index in [9.17, 15) is 26.0 Å². The third kappa shape index (κ3) is 6.30. The van der Waals surface area contributed by atoms with Crippen LogP contribution in [0.4, 0.5) is 17.6 Å². The monoisotopic (exact) mass is 519 g/mol. The van der Waals surface area contributed by atoms with Crippen molar-refractivity contribution in [2.75, 3.05) is 12.3 Å². The van der Waals surface area contributed by atoms with Gasteiger partial charge in [0, 0.05) is 17.8 Å². The number of rotatable bonds is 9. The first-order valence-corrected chi connectivity index (χ1v) is 13.0. The van der Waals surface area contributed by atoms with Crippen LogP contribution in [-0.4, -0.2) is 36.7 Å². The molecule has 0 aliphatic rings. The summed E-state index contributed by atoms with van der Waals surface area (Å²) in [7, 11) is -4.08. The molecule has 10 heteroatoms. The first kappa shape index (κ1) is 25.8. The second kappa shape index (κ2) is 10.4. The van der Waals surface area contributed by atoms with E-state index in [-0.39, 0.29) is 24.2 Å². The van der Waals surface area contributed by atoms with Gasteiger partial charge < -0.3 is 0 Å². The van der Waals surface area contributed by atoms with E-state index in [0.717, 1.165) is 22.0 Å². The molecule has 5 nitrogen and oxygen atoms in total. The number of aromatic nitrogens is 2. The number of hydrogen-bond acceptors (Lipinski definition) is 3. The van der Waals surface area contributed by atoms with Gasteiger partial charge in [0.15, 0.2) is 0 Å². The fraction of sp³-hybridized carbons (Fsp3) is 0.269. The van der Waals surface area contributed by atoms with Crippen LogP contribution in [-0.2, 0) is 10.0 Å². The first-order chi connectivity index (χ1) is 17.0. The van der Waals surface area contributed by atoms with Crippen LogP contribution in [0.5, 0.6) is 0 Å². The zero-order valence-corrected chi connectivity index (χ0v) is 20.2. The van der Waals surface area contributed by atoms with E-state index in [1.807, 2.05) is 55.5 Å². The Morgan fingerprint density at radius 2 is 1.67 bits per heavy atom. The van der Waals surface area contributed by atoms with E-state index in [4.69, 9.17) is 0 Å². The number of sulfonamides is 1. The molecule has 0 aliphatic heterocycles. The van der Waals surface area contributed by atoms with Crippen molar-refractivity contribution in [3.8, 4) is 5.69 Å². The van der Waals surface area contributed by atoms with Crippen LogP contribution >= 0.6 is 0 Å². The van der Waals surface area contributed by atoms with Crippen LogP contribution in [0.1, 0.15) is 30.4 Å². The lowest BCUT2D eigenvalue weighted by atomic mass is 9.81. The maximum atomic E-state index is 13.3. The minimum absolute atomic E-state index is 0.0212. The van der Waals surface area contributed by atoms with Crippen LogP contribution < -0.4 is 4.72 Å². The average Bonchev–Trinajstić information content (AvgIpc) is 3.26. The minimum Gasteiger partial charge on any atom is -0.233 e. The molecule has 190 valence electrons. The lowest BCUT2D eigenvalue weighted by molar-refractivity contribution is -0.130. The number of fused-ring (bicyclic) bond motifs is 1. The van der Waals surface area contributed by atoms with Gasteiger partial charge in [0.05, 0.1) is 29.6 Å². The molecule has 2 atom stereocenters. The first-order valence-electron chi connectivity index (χ1n) is 11.3. The third-order valence-corrected chi connectivity index (χ3v) is 7.38. The average molecular weight is 520 g/mol. The van der Waals surface area contributed by atoms with Crippen molar-refractivity contribution in [3.05, 3.63) is 95.9 Å². The SMILES string of the molecule is CC(CNS(=O)(=O)CCC(F)(F)F)C(c1ccccc1)c1ccc2c(cnn2-c2ccc(F)cc2)c1. The molecule has 4 rings (SSSR count). The van der Waals surface area contributed by atoms with Gasteiger partial charge in [0.25, 0.3) is 0 Å². The van der Waals surface area contributed by atoms with E-state index < -0.39 is 28.4 Å². The molecule has 1 N–H and O–H groups in total. The van der Waals surface area contributed by atoms with Crippen LogP contribution in [0.25, 0.3) is 16.6 Å². The highest BCUT2D eigenvalue weighted by Gasteiger charge is 2.30. The summed E-state index contributed by atoms with van der Waals surface area (Å²) in [4.78, 5) is 0. The molecule has 1 heterocycles. The van der Waals surface area contributed by atoms with Crippen LogP contribution in [0.3, 0.4) is 0 Å². The van der Waals surface area contributed by atoms with E-state index in [0.29, 0.717) is 5.69 Å². The number of halogens is 4. The second-order valence-corrected chi connectivity index (χ2v) is 10.7. The Labute approximate surface area is 206 Å². The molecular weight excluding hydrogens is 494 g/mol. The molecule has 0 radical (unpaired) electrons. The highest BCUT2D eigenvalue weighted by atomic mass is 32.2. The van der Waals surface area contributed by atoms with Gasteiger partial charge in [-0.25, -0.2) is 22.2 Å². The van der Waals surface area contributed by atoms with Crippen LogP contribution in [0, 0.1) is 11.7 Å². The fourth-order valence-electron chi connectivity index (χ4n) is 4.24. The largest absolute Gasteiger partial charge is 0.390 e. The Hall–Kier alpha value is -3.24. The van der Waals surface area contributed by atoms with Gasteiger partial charge in [-0.1, -0.05) is 43.3 Å². The van der Waals surface area contributed by atoms with Crippen LogP contribution in [0.2, 0.25) is 0 Å². The van der Waals surface area contributed by atoms with Crippen molar-refractivity contribution < 1.29 is 26.0 Å². The van der Waals surface area contributed by atoms with Gasteiger partial charge in [-0.15, -0.1) is 0 Å². The van der Waals surface area contributed by atoms with Gasteiger partial charge >= 0.3 is 6.18 Å². The Kier molecular flexibility index (Phi) is 7.46. The van der Waals surface area contributed by atoms with Crippen molar-refractivity contribution >= 4 is 20.9 Å². The number of nitrogens with zero attached hydrogens (tertiary/aromatic N) is 2. The standard InChI is InChI=1S/C26H25F4N3O2S/c1-18(16-32-36(34,35)14-13-26(28,29)30)25(19-5-3-2-4-6-19)20-7-12-24-21(15-20)17-31-33(24)23-10-8-22(27)9-11-23/h2-12,15,17-18,25,32H,13-14,16H2,1H3. The number of hydrogen-bond donors (Lipinski definition) is 1. The molecule has 0 fully saturated rings. The van der Waals surface area contributed by atoms with E-state index >= 15 is 0 Å². The summed E-state index contributed by atoms with van der Waals surface area (Å²) in [6.07, 6.45) is -4.23. The molecule has 0 spiro atoms. The molecular formula is C26H25F4N3O2S. The number of benzene rings is 3. The van der Waals surface area contributed by atoms with Gasteiger partial charge in [-0.05, 0) is 53.4 Å². The minimum atomic E-state index is -4.54. The maximum Gasteiger partial charge on any atom is 0.390 e. The van der Waals surface area contributed by atoms with Crippen molar-refractivity contribution in [3.63, 3.8) is 0 Å². The lowest BCUT2D eigenvalue weighted by Crippen LogP contribution is -2.34. The molecule has 1 aromatic heterocycles. The fourth-order valence-corrected chi connectivity index (χ4v) is 5.40. The molecule has 4 aromatic rings. The quantitative estimate of drug-likeness (QED) is 0.284. The summed E-state index contributed by atoms with van der Waals surface area (Å²) in [6.45, 7) is 1.84. The molecule has 0 aliphatic carbocycles. The van der Waals surface area contributed by atoms with E-state index in [2.05, 4.69) is 9.82 Å². The Balaban J connectivity index is 1.61. The normalized spacial score (nSPS) is 14.1. The van der Waals surface area contributed by atoms with E-state index in [1.165, 1.54) is 12.1 Å². The predicted octanol–water partition coefficient (Wildman–Crippen LogP) is 5.80. The highest BCUT2D eigenvalue weighted by molar-refractivity contribution is 7.89. The molecule has 0 saturated heterocycles. The van der Waals surface area contributed by atoms with Gasteiger partial charge in [0.2, 0.25) is 10.0 Å². The van der Waals surface area contributed by atoms with Crippen molar-refractivity contribution in [2.45, 2.75) is 25.4 Å². The summed E-state index contributed by atoms with van der Waals surface area (Å²) in [6, 6.07) is 21.3. The third-order valence-electron chi connectivity index (χ3n) is 6.03. The smallest absolute Gasteiger partial charge is 0.233 e. The summed E-state index contributed by atoms with van der Waals surface area (Å²) in [5.41, 5.74) is 3.39. The van der Waals surface area contributed by atoms with E-state index in [1.54, 1.807) is 23.0 Å². The summed E-state index contributed by atoms with van der Waals surface area (Å²) < 4.78 is 79.2. The number of alkyl halides is 3. The van der Waals surface area contributed by atoms with Crippen molar-refractivity contribution in [2.24, 2.45) is 5.92 Å². The van der Waals surface area contributed by atoms with Crippen molar-refractivity contribution in [1.82, 2.24) is 14.5 Å². The summed E-state index contributed by atoms with van der Waals surface area (Å²) in [5.74, 6) is -1.84. The van der Waals surface area contributed by atoms with Gasteiger partial charge in [-0.2, -0.15) is 18.3 Å². The van der Waals surface area contributed by atoms with Gasteiger partial charge in [0.1, 0.15) is 5.82 Å². The highest BCUT2D eigenvalue weighted by Crippen LogP contribution is 2.34. The van der Waals surface area contributed by atoms with Crippen molar-refractivity contribution in [1.29, 1.82) is 0 Å².